The molecule has 0 aliphatic rings. The van der Waals surface area contributed by atoms with Gasteiger partial charge in [0.15, 0.2) is 0 Å². The zero-order valence-electron chi connectivity index (χ0n) is 18.0. The molecule has 1 aromatic carbocycles. The molecule has 13 nitrogen and oxygen atoms in total. The maximum absolute atomic E-state index is 12.7. The third kappa shape index (κ3) is 9.13. The number of carboxylic acids is 2. The van der Waals surface area contributed by atoms with Crippen LogP contribution in [0.3, 0.4) is 0 Å². The standard InChI is InChI=1S/C20H28N4O9/c1-9(22-19(31)16(21)10(2)25)17(29)23-13(7-11-3-5-12(26)6-4-11)18(30)24-14(20(32)33)8-15(27)28/h3-6,9-10,13-14,16,25-26H,7-8,21H2,1-2H3,(H,22,31)(H,23,29)(H,24,30)(H,27,28)(H,32,33). The number of phenolic OH excluding ortho intramolecular Hbond substituents is 1. The zero-order chi connectivity index (χ0) is 25.3. The van der Waals surface area contributed by atoms with Gasteiger partial charge in [0.2, 0.25) is 17.7 Å². The lowest BCUT2D eigenvalue weighted by Gasteiger charge is -2.24. The minimum Gasteiger partial charge on any atom is -0.508 e. The fourth-order valence-electron chi connectivity index (χ4n) is 2.61. The summed E-state index contributed by atoms with van der Waals surface area (Å²) in [5.74, 6) is -5.66. The molecule has 13 heteroatoms. The molecule has 0 saturated carbocycles. The highest BCUT2D eigenvalue weighted by molar-refractivity contribution is 5.94. The van der Waals surface area contributed by atoms with Gasteiger partial charge in [0.1, 0.15) is 29.9 Å². The van der Waals surface area contributed by atoms with Gasteiger partial charge in [-0.3, -0.25) is 19.2 Å². The van der Waals surface area contributed by atoms with Gasteiger partial charge in [-0.05, 0) is 31.5 Å². The Morgan fingerprint density at radius 1 is 0.879 bits per heavy atom. The third-order valence-electron chi connectivity index (χ3n) is 4.58. The van der Waals surface area contributed by atoms with E-state index in [0.29, 0.717) is 5.56 Å². The Kier molecular flexibility index (Phi) is 10.2. The van der Waals surface area contributed by atoms with Gasteiger partial charge in [-0.25, -0.2) is 4.79 Å². The first-order valence-corrected chi connectivity index (χ1v) is 9.89. The number of carboxylic acid groups (broad SMARTS) is 2. The fraction of sp³-hybridized carbons (Fsp3) is 0.450. The molecule has 33 heavy (non-hydrogen) atoms. The predicted molar refractivity (Wildman–Crippen MR) is 113 cm³/mol. The summed E-state index contributed by atoms with van der Waals surface area (Å²) in [4.78, 5) is 59.4. The van der Waals surface area contributed by atoms with Crippen molar-refractivity contribution in [3.8, 4) is 5.75 Å². The second kappa shape index (κ2) is 12.4. The predicted octanol–water partition coefficient (Wildman–Crippen LogP) is -2.32. The second-order valence-electron chi connectivity index (χ2n) is 7.43. The van der Waals surface area contributed by atoms with Crippen molar-refractivity contribution >= 4 is 29.7 Å². The summed E-state index contributed by atoms with van der Waals surface area (Å²) in [7, 11) is 0. The lowest BCUT2D eigenvalue weighted by atomic mass is 10.0. The summed E-state index contributed by atoms with van der Waals surface area (Å²) >= 11 is 0. The lowest BCUT2D eigenvalue weighted by Crippen LogP contribution is -2.57. The van der Waals surface area contributed by atoms with Gasteiger partial charge in [0, 0.05) is 6.42 Å². The molecule has 1 aromatic rings. The number of carbonyl (C=O) groups excluding carboxylic acids is 3. The molecule has 182 valence electrons. The van der Waals surface area contributed by atoms with Crippen LogP contribution in [-0.2, 0) is 30.4 Å². The van der Waals surface area contributed by atoms with Crippen molar-refractivity contribution in [1.29, 1.82) is 0 Å². The smallest absolute Gasteiger partial charge is 0.326 e. The molecule has 0 aromatic heterocycles. The number of benzene rings is 1. The molecular formula is C20H28N4O9. The van der Waals surface area contributed by atoms with Crippen LogP contribution < -0.4 is 21.7 Å². The Labute approximate surface area is 189 Å². The van der Waals surface area contributed by atoms with Gasteiger partial charge in [-0.1, -0.05) is 12.1 Å². The number of rotatable bonds is 12. The van der Waals surface area contributed by atoms with Gasteiger partial charge in [-0.2, -0.15) is 0 Å². The number of nitrogens with two attached hydrogens (primary N) is 1. The largest absolute Gasteiger partial charge is 0.508 e. The van der Waals surface area contributed by atoms with Crippen LogP contribution >= 0.6 is 0 Å². The Balaban J connectivity index is 3.01. The van der Waals surface area contributed by atoms with E-state index in [1.54, 1.807) is 0 Å². The normalized spacial score (nSPS) is 15.3. The van der Waals surface area contributed by atoms with E-state index in [9.17, 15) is 34.2 Å². The van der Waals surface area contributed by atoms with Crippen molar-refractivity contribution in [3.05, 3.63) is 29.8 Å². The summed E-state index contributed by atoms with van der Waals surface area (Å²) in [6, 6.07) is 0.0859. The quantitative estimate of drug-likeness (QED) is 0.163. The number of aliphatic hydroxyl groups is 1. The molecule has 0 saturated heterocycles. The average Bonchev–Trinajstić information content (AvgIpc) is 2.72. The molecular weight excluding hydrogens is 440 g/mol. The maximum atomic E-state index is 12.7. The number of nitrogens with one attached hydrogen (secondary N) is 3. The van der Waals surface area contributed by atoms with E-state index in [4.69, 9.17) is 15.9 Å². The van der Waals surface area contributed by atoms with E-state index in [1.165, 1.54) is 38.1 Å². The monoisotopic (exact) mass is 468 g/mol. The molecule has 1 rings (SSSR count). The van der Waals surface area contributed by atoms with Crippen molar-refractivity contribution in [2.45, 2.75) is 57.0 Å². The van der Waals surface area contributed by atoms with Crippen molar-refractivity contribution in [1.82, 2.24) is 16.0 Å². The Bertz CT molecular complexity index is 873. The maximum Gasteiger partial charge on any atom is 0.326 e. The summed E-state index contributed by atoms with van der Waals surface area (Å²) in [6.45, 7) is 2.60. The summed E-state index contributed by atoms with van der Waals surface area (Å²) in [6.07, 6.45) is -2.19. The van der Waals surface area contributed by atoms with E-state index in [1.807, 2.05) is 0 Å². The van der Waals surface area contributed by atoms with Crippen LogP contribution in [-0.4, -0.2) is 80.4 Å². The molecule has 0 fully saturated rings. The minimum absolute atomic E-state index is 0.0398. The third-order valence-corrected chi connectivity index (χ3v) is 4.58. The molecule has 9 N–H and O–H groups in total. The molecule has 0 aliphatic heterocycles. The number of aromatic hydroxyl groups is 1. The van der Waals surface area contributed by atoms with Crippen LogP contribution in [0.15, 0.2) is 24.3 Å². The highest BCUT2D eigenvalue weighted by Crippen LogP contribution is 2.12. The van der Waals surface area contributed by atoms with Crippen LogP contribution in [0, 0.1) is 0 Å². The first kappa shape index (κ1) is 27.3. The number of aliphatic hydroxyl groups excluding tert-OH is 1. The number of hydrogen-bond acceptors (Lipinski definition) is 8. The Morgan fingerprint density at radius 3 is 1.91 bits per heavy atom. The van der Waals surface area contributed by atoms with E-state index in [0.717, 1.165) is 0 Å². The highest BCUT2D eigenvalue weighted by atomic mass is 16.4. The van der Waals surface area contributed by atoms with E-state index < -0.39 is 66.4 Å². The molecule has 0 spiro atoms. The second-order valence-corrected chi connectivity index (χ2v) is 7.43. The van der Waals surface area contributed by atoms with Crippen molar-refractivity contribution in [3.63, 3.8) is 0 Å². The van der Waals surface area contributed by atoms with Gasteiger partial charge in [0.25, 0.3) is 0 Å². The number of hydrogen-bond donors (Lipinski definition) is 8. The summed E-state index contributed by atoms with van der Waals surface area (Å²) in [5.41, 5.74) is 6.01. The number of phenols is 1. The van der Waals surface area contributed by atoms with Gasteiger partial charge in [0.05, 0.1) is 12.5 Å². The SMILES string of the molecule is CC(NC(=O)C(N)C(C)O)C(=O)NC(Cc1ccc(O)cc1)C(=O)NC(CC(=O)O)C(=O)O. The van der Waals surface area contributed by atoms with Crippen molar-refractivity contribution < 1.29 is 44.4 Å². The van der Waals surface area contributed by atoms with Crippen LogP contribution in [0.5, 0.6) is 5.75 Å². The van der Waals surface area contributed by atoms with Crippen LogP contribution in [0.25, 0.3) is 0 Å². The van der Waals surface area contributed by atoms with Crippen molar-refractivity contribution in [2.75, 3.05) is 0 Å². The molecule has 3 amide bonds. The van der Waals surface area contributed by atoms with Gasteiger partial charge >= 0.3 is 11.9 Å². The molecule has 0 bridgehead atoms. The summed E-state index contributed by atoms with van der Waals surface area (Å²) in [5, 5.41) is 43.6. The minimum atomic E-state index is -1.74. The van der Waals surface area contributed by atoms with Gasteiger partial charge in [-0.15, -0.1) is 0 Å². The Hall–Kier alpha value is -3.71. The molecule has 0 heterocycles. The topological polar surface area (TPSA) is 228 Å². The molecule has 0 radical (unpaired) electrons. The number of carbonyl (C=O) groups is 5. The first-order valence-electron chi connectivity index (χ1n) is 9.89. The van der Waals surface area contributed by atoms with Crippen LogP contribution in [0.1, 0.15) is 25.8 Å². The average molecular weight is 468 g/mol. The van der Waals surface area contributed by atoms with E-state index in [2.05, 4.69) is 16.0 Å². The fourth-order valence-corrected chi connectivity index (χ4v) is 2.61. The first-order chi connectivity index (χ1) is 15.3. The lowest BCUT2D eigenvalue weighted by molar-refractivity contribution is -0.147. The summed E-state index contributed by atoms with van der Waals surface area (Å²) < 4.78 is 0. The molecule has 5 atom stereocenters. The highest BCUT2D eigenvalue weighted by Gasteiger charge is 2.30. The van der Waals surface area contributed by atoms with Gasteiger partial charge < -0.3 is 42.1 Å². The number of aliphatic carboxylic acids is 2. The number of amides is 3. The zero-order valence-corrected chi connectivity index (χ0v) is 18.0. The van der Waals surface area contributed by atoms with E-state index in [-0.39, 0.29) is 12.2 Å². The molecule has 0 aliphatic carbocycles. The van der Waals surface area contributed by atoms with Crippen LogP contribution in [0.2, 0.25) is 0 Å². The Morgan fingerprint density at radius 2 is 1.42 bits per heavy atom. The van der Waals surface area contributed by atoms with Crippen LogP contribution in [0.4, 0.5) is 0 Å². The van der Waals surface area contributed by atoms with E-state index >= 15 is 0 Å². The van der Waals surface area contributed by atoms with Crippen molar-refractivity contribution in [2.24, 2.45) is 5.73 Å². The molecule has 5 unspecified atom stereocenters.